The van der Waals surface area contributed by atoms with Crippen molar-refractivity contribution < 1.29 is 29.3 Å². The summed E-state index contributed by atoms with van der Waals surface area (Å²) >= 11 is 0. The first-order chi connectivity index (χ1) is 14.8. The van der Waals surface area contributed by atoms with Crippen LogP contribution in [0.4, 0.5) is 4.79 Å². The number of alkyl carbamates (subject to hydrolysis) is 1. The van der Waals surface area contributed by atoms with E-state index in [0.717, 1.165) is 22.3 Å². The lowest BCUT2D eigenvalue weighted by Crippen LogP contribution is -2.54. The molecule has 8 nitrogen and oxygen atoms in total. The lowest BCUT2D eigenvalue weighted by Gasteiger charge is -2.22. The number of aliphatic hydroxyl groups excluding tert-OH is 1. The monoisotopic (exact) mass is 426 g/mol. The first kappa shape index (κ1) is 22.3. The van der Waals surface area contributed by atoms with Crippen molar-refractivity contribution in [1.29, 1.82) is 0 Å². The number of aliphatic carboxylic acids is 1. The van der Waals surface area contributed by atoms with Crippen LogP contribution in [0.15, 0.2) is 48.5 Å². The Balaban J connectivity index is 1.63. The Kier molecular flexibility index (Phi) is 6.91. The quantitative estimate of drug-likeness (QED) is 0.513. The van der Waals surface area contributed by atoms with Crippen LogP contribution in [-0.2, 0) is 14.3 Å². The summed E-state index contributed by atoms with van der Waals surface area (Å²) in [6.45, 7) is 3.04. The minimum atomic E-state index is -1.47. The van der Waals surface area contributed by atoms with Crippen molar-refractivity contribution in [2.24, 2.45) is 0 Å². The molecule has 2 aromatic rings. The van der Waals surface area contributed by atoms with Gasteiger partial charge in [0.05, 0.1) is 6.10 Å². The average Bonchev–Trinajstić information content (AvgIpc) is 3.07. The molecule has 0 spiro atoms. The zero-order chi connectivity index (χ0) is 22.5. The Bertz CT molecular complexity index is 929. The predicted molar refractivity (Wildman–Crippen MR) is 114 cm³/mol. The fourth-order valence-electron chi connectivity index (χ4n) is 3.78. The molecule has 0 saturated heterocycles. The SMILES string of the molecule is CC[C@@H](NC(=O)OCC1c2ccccc2-c2ccccc21)C(=O)NC(C(=O)O)C(C)O. The molecule has 0 heterocycles. The van der Waals surface area contributed by atoms with Gasteiger partial charge in [-0.25, -0.2) is 9.59 Å². The molecule has 1 aliphatic carbocycles. The number of aliphatic hydroxyl groups is 1. The standard InChI is InChI=1S/C23H26N2O6/c1-3-19(21(27)25-20(13(2)26)22(28)29)24-23(30)31-12-18-16-10-6-4-8-14(16)15-9-5-7-11-17(15)18/h4-11,13,18-20,26H,3,12H2,1-2H3,(H,24,30)(H,25,27)(H,28,29)/t13?,19-,20?/m1/s1. The van der Waals surface area contributed by atoms with Crippen LogP contribution in [0.25, 0.3) is 11.1 Å². The Morgan fingerprint density at radius 2 is 1.55 bits per heavy atom. The third kappa shape index (κ3) is 4.86. The van der Waals surface area contributed by atoms with E-state index in [1.807, 2.05) is 48.5 Å². The van der Waals surface area contributed by atoms with Crippen molar-refractivity contribution in [1.82, 2.24) is 10.6 Å². The summed E-state index contributed by atoms with van der Waals surface area (Å²) in [6, 6.07) is 13.4. The molecule has 31 heavy (non-hydrogen) atoms. The topological polar surface area (TPSA) is 125 Å². The molecule has 8 heteroatoms. The molecule has 0 saturated carbocycles. The molecule has 3 atom stereocenters. The third-order valence-corrected chi connectivity index (χ3v) is 5.41. The number of rotatable bonds is 8. The number of carbonyl (C=O) groups excluding carboxylic acids is 2. The van der Waals surface area contributed by atoms with Gasteiger partial charge in [0.1, 0.15) is 12.6 Å². The van der Waals surface area contributed by atoms with E-state index in [4.69, 9.17) is 9.84 Å². The number of ether oxygens (including phenoxy) is 1. The maximum absolute atomic E-state index is 12.4. The van der Waals surface area contributed by atoms with Crippen LogP contribution in [0.1, 0.15) is 37.3 Å². The second-order valence-corrected chi connectivity index (χ2v) is 7.50. The van der Waals surface area contributed by atoms with Crippen LogP contribution in [0.5, 0.6) is 0 Å². The maximum atomic E-state index is 12.4. The van der Waals surface area contributed by atoms with E-state index in [-0.39, 0.29) is 18.9 Å². The molecule has 3 rings (SSSR count). The molecule has 164 valence electrons. The number of benzene rings is 2. The molecule has 2 unspecified atom stereocenters. The van der Waals surface area contributed by atoms with E-state index in [9.17, 15) is 19.5 Å². The number of amides is 2. The summed E-state index contributed by atoms with van der Waals surface area (Å²) < 4.78 is 5.43. The average molecular weight is 426 g/mol. The van der Waals surface area contributed by atoms with Crippen LogP contribution in [-0.4, -0.2) is 53.0 Å². The highest BCUT2D eigenvalue weighted by molar-refractivity contribution is 5.89. The molecular weight excluding hydrogens is 400 g/mol. The van der Waals surface area contributed by atoms with Crippen molar-refractivity contribution in [2.75, 3.05) is 6.61 Å². The van der Waals surface area contributed by atoms with Gasteiger partial charge in [-0.3, -0.25) is 4.79 Å². The number of nitrogens with one attached hydrogen (secondary N) is 2. The van der Waals surface area contributed by atoms with Gasteiger partial charge in [-0.05, 0) is 35.6 Å². The fourth-order valence-corrected chi connectivity index (χ4v) is 3.78. The van der Waals surface area contributed by atoms with Crippen molar-refractivity contribution in [3.8, 4) is 11.1 Å². The summed E-state index contributed by atoms with van der Waals surface area (Å²) in [5, 5.41) is 23.3. The van der Waals surface area contributed by atoms with Gasteiger partial charge >= 0.3 is 12.1 Å². The Morgan fingerprint density at radius 1 is 1.00 bits per heavy atom. The number of carbonyl (C=O) groups is 3. The number of fused-ring (bicyclic) bond motifs is 3. The molecule has 0 bridgehead atoms. The maximum Gasteiger partial charge on any atom is 0.407 e. The lowest BCUT2D eigenvalue weighted by molar-refractivity contribution is -0.145. The van der Waals surface area contributed by atoms with E-state index >= 15 is 0 Å². The largest absolute Gasteiger partial charge is 0.480 e. The van der Waals surface area contributed by atoms with Crippen molar-refractivity contribution in [2.45, 2.75) is 44.4 Å². The first-order valence-corrected chi connectivity index (χ1v) is 10.2. The van der Waals surface area contributed by atoms with E-state index in [0.29, 0.717) is 0 Å². The van der Waals surface area contributed by atoms with E-state index in [1.54, 1.807) is 6.92 Å². The Morgan fingerprint density at radius 3 is 2.03 bits per heavy atom. The second kappa shape index (κ2) is 9.61. The van der Waals surface area contributed by atoms with Gasteiger partial charge in [0.2, 0.25) is 5.91 Å². The highest BCUT2D eigenvalue weighted by Gasteiger charge is 2.31. The number of carboxylic acid groups (broad SMARTS) is 1. The van der Waals surface area contributed by atoms with Gasteiger partial charge in [0.25, 0.3) is 0 Å². The van der Waals surface area contributed by atoms with E-state index in [1.165, 1.54) is 6.92 Å². The zero-order valence-corrected chi connectivity index (χ0v) is 17.4. The summed E-state index contributed by atoms with van der Waals surface area (Å²) in [4.78, 5) is 35.9. The molecular formula is C23H26N2O6. The van der Waals surface area contributed by atoms with Gasteiger partial charge in [0, 0.05) is 5.92 Å². The molecule has 0 aromatic heterocycles. The normalized spacial score (nSPS) is 15.2. The van der Waals surface area contributed by atoms with Gasteiger partial charge < -0.3 is 25.6 Å². The van der Waals surface area contributed by atoms with Crippen molar-refractivity contribution in [3.63, 3.8) is 0 Å². The smallest absolute Gasteiger partial charge is 0.407 e. The molecule has 2 aromatic carbocycles. The minimum absolute atomic E-state index is 0.101. The van der Waals surface area contributed by atoms with Crippen LogP contribution < -0.4 is 10.6 Å². The number of carboxylic acids is 1. The summed E-state index contributed by atoms with van der Waals surface area (Å²) in [5.41, 5.74) is 4.36. The predicted octanol–water partition coefficient (Wildman–Crippen LogP) is 2.25. The summed E-state index contributed by atoms with van der Waals surface area (Å²) in [5.74, 6) is -2.18. The van der Waals surface area contributed by atoms with Crippen LogP contribution in [0.3, 0.4) is 0 Å². The first-order valence-electron chi connectivity index (χ1n) is 10.2. The Labute approximate surface area is 180 Å². The van der Waals surface area contributed by atoms with Gasteiger partial charge in [-0.1, -0.05) is 55.5 Å². The molecule has 0 radical (unpaired) electrons. The van der Waals surface area contributed by atoms with Gasteiger partial charge in [-0.15, -0.1) is 0 Å². The number of hydrogen-bond donors (Lipinski definition) is 4. The van der Waals surface area contributed by atoms with E-state index < -0.39 is 36.2 Å². The zero-order valence-electron chi connectivity index (χ0n) is 17.4. The molecule has 0 fully saturated rings. The molecule has 1 aliphatic rings. The highest BCUT2D eigenvalue weighted by atomic mass is 16.5. The second-order valence-electron chi connectivity index (χ2n) is 7.50. The molecule has 2 amide bonds. The molecule has 0 aliphatic heterocycles. The summed E-state index contributed by atoms with van der Waals surface area (Å²) in [6.07, 6.45) is -1.83. The fraction of sp³-hybridized carbons (Fsp3) is 0.348. The molecule has 4 N–H and O–H groups in total. The van der Waals surface area contributed by atoms with Crippen molar-refractivity contribution >= 4 is 18.0 Å². The lowest BCUT2D eigenvalue weighted by atomic mass is 9.98. The third-order valence-electron chi connectivity index (χ3n) is 5.41. The van der Waals surface area contributed by atoms with E-state index in [2.05, 4.69) is 10.6 Å². The summed E-state index contributed by atoms with van der Waals surface area (Å²) in [7, 11) is 0. The van der Waals surface area contributed by atoms with Crippen molar-refractivity contribution in [3.05, 3.63) is 59.7 Å². The number of hydrogen-bond acceptors (Lipinski definition) is 5. The van der Waals surface area contributed by atoms with Gasteiger partial charge in [-0.2, -0.15) is 0 Å². The highest BCUT2D eigenvalue weighted by Crippen LogP contribution is 2.44. The van der Waals surface area contributed by atoms with Gasteiger partial charge in [0.15, 0.2) is 6.04 Å². The van der Waals surface area contributed by atoms with Crippen LogP contribution in [0.2, 0.25) is 0 Å². The van der Waals surface area contributed by atoms with Crippen LogP contribution in [0, 0.1) is 0 Å². The minimum Gasteiger partial charge on any atom is -0.480 e. The Hall–Kier alpha value is -3.39. The van der Waals surface area contributed by atoms with Crippen LogP contribution >= 0.6 is 0 Å².